The molecule has 2 heterocycles. The standard InChI is InChI=1S/C18H20F2N2O2S/c1-12-16(25-11-21-12)17(24)22-6-2-5-18(9-22,10-23)8-13-3-4-14(19)7-15(13)20/h3-4,7,11,23H,2,5-6,8-10H2,1H3/t18-/m1/s1. The Bertz CT molecular complexity index is 780. The molecular weight excluding hydrogens is 346 g/mol. The first kappa shape index (κ1) is 17.9. The summed E-state index contributed by atoms with van der Waals surface area (Å²) in [5.41, 5.74) is 2.07. The maximum Gasteiger partial charge on any atom is 0.265 e. The van der Waals surface area contributed by atoms with Crippen LogP contribution in [0, 0.1) is 24.0 Å². The third-order valence-corrected chi connectivity index (χ3v) is 5.72. The number of aryl methyl sites for hydroxylation is 1. The first-order chi connectivity index (χ1) is 11.9. The van der Waals surface area contributed by atoms with Gasteiger partial charge < -0.3 is 10.0 Å². The van der Waals surface area contributed by atoms with E-state index < -0.39 is 17.0 Å². The third kappa shape index (κ3) is 3.72. The molecule has 1 saturated heterocycles. The number of amides is 1. The first-order valence-electron chi connectivity index (χ1n) is 8.18. The number of aromatic nitrogens is 1. The lowest BCUT2D eigenvalue weighted by Crippen LogP contribution is -2.49. The molecule has 1 amide bonds. The number of aliphatic hydroxyl groups excluding tert-OH is 1. The molecule has 1 atom stereocenters. The number of piperidine rings is 1. The first-order valence-corrected chi connectivity index (χ1v) is 9.06. The van der Waals surface area contributed by atoms with E-state index in [2.05, 4.69) is 4.98 Å². The van der Waals surface area contributed by atoms with Crippen LogP contribution in [0.1, 0.15) is 33.8 Å². The molecule has 1 aromatic heterocycles. The van der Waals surface area contributed by atoms with E-state index in [1.807, 2.05) is 0 Å². The van der Waals surface area contributed by atoms with Crippen molar-refractivity contribution < 1.29 is 18.7 Å². The van der Waals surface area contributed by atoms with Gasteiger partial charge in [0.2, 0.25) is 0 Å². The van der Waals surface area contributed by atoms with E-state index in [0.717, 1.165) is 12.5 Å². The zero-order valence-electron chi connectivity index (χ0n) is 14.0. The summed E-state index contributed by atoms with van der Waals surface area (Å²) in [7, 11) is 0. The van der Waals surface area contributed by atoms with Gasteiger partial charge in [-0.15, -0.1) is 11.3 Å². The SMILES string of the molecule is Cc1ncsc1C(=O)N1CCC[C@@](CO)(Cc2ccc(F)cc2F)C1. The Balaban J connectivity index is 1.81. The van der Waals surface area contributed by atoms with Crippen LogP contribution >= 0.6 is 11.3 Å². The molecule has 4 nitrogen and oxygen atoms in total. The largest absolute Gasteiger partial charge is 0.396 e. The number of hydrogen-bond donors (Lipinski definition) is 1. The van der Waals surface area contributed by atoms with Gasteiger partial charge in [0.1, 0.15) is 16.5 Å². The van der Waals surface area contributed by atoms with Crippen LogP contribution in [0.4, 0.5) is 8.78 Å². The fraction of sp³-hybridized carbons (Fsp3) is 0.444. The Hall–Kier alpha value is -1.86. The zero-order valence-corrected chi connectivity index (χ0v) is 14.8. The summed E-state index contributed by atoms with van der Waals surface area (Å²) < 4.78 is 27.2. The van der Waals surface area contributed by atoms with E-state index in [1.165, 1.54) is 23.5 Å². The number of hydrogen-bond acceptors (Lipinski definition) is 4. The van der Waals surface area contributed by atoms with Crippen molar-refractivity contribution in [1.82, 2.24) is 9.88 Å². The number of thiazole rings is 1. The molecule has 0 spiro atoms. The van der Waals surface area contributed by atoms with E-state index in [4.69, 9.17) is 0 Å². The Morgan fingerprint density at radius 2 is 2.24 bits per heavy atom. The lowest BCUT2D eigenvalue weighted by molar-refractivity contribution is 0.0270. The second-order valence-corrected chi connectivity index (χ2v) is 7.52. The number of rotatable bonds is 4. The molecule has 0 radical (unpaired) electrons. The van der Waals surface area contributed by atoms with Gasteiger partial charge in [-0.2, -0.15) is 0 Å². The van der Waals surface area contributed by atoms with Crippen LogP contribution in [0.5, 0.6) is 0 Å². The molecule has 2 aromatic rings. The summed E-state index contributed by atoms with van der Waals surface area (Å²) >= 11 is 1.30. The minimum atomic E-state index is -0.625. The monoisotopic (exact) mass is 366 g/mol. The van der Waals surface area contributed by atoms with E-state index in [-0.39, 0.29) is 18.9 Å². The number of carbonyl (C=O) groups excluding carboxylic acids is 1. The molecular formula is C18H20F2N2O2S. The Morgan fingerprint density at radius 3 is 2.88 bits per heavy atom. The van der Waals surface area contributed by atoms with Gasteiger partial charge in [0, 0.05) is 24.6 Å². The maximum atomic E-state index is 14.0. The summed E-state index contributed by atoms with van der Waals surface area (Å²) in [4.78, 5) is 19.2. The lowest BCUT2D eigenvalue weighted by Gasteiger charge is -2.42. The van der Waals surface area contributed by atoms with Crippen molar-refractivity contribution in [3.05, 3.63) is 51.5 Å². The summed E-state index contributed by atoms with van der Waals surface area (Å²) in [6, 6.07) is 3.49. The fourth-order valence-electron chi connectivity index (χ4n) is 3.43. The summed E-state index contributed by atoms with van der Waals surface area (Å²) in [6.45, 7) is 2.58. The van der Waals surface area contributed by atoms with Crippen molar-refractivity contribution >= 4 is 17.2 Å². The maximum absolute atomic E-state index is 14.0. The van der Waals surface area contributed by atoms with Crippen molar-refractivity contribution in [2.24, 2.45) is 5.41 Å². The van der Waals surface area contributed by atoms with Gasteiger partial charge in [-0.1, -0.05) is 6.07 Å². The number of halogens is 2. The van der Waals surface area contributed by atoms with Crippen molar-refractivity contribution in [1.29, 1.82) is 0 Å². The smallest absolute Gasteiger partial charge is 0.265 e. The zero-order chi connectivity index (χ0) is 18.0. The Kier molecular flexibility index (Phi) is 5.15. The molecule has 1 fully saturated rings. The molecule has 0 aliphatic carbocycles. The van der Waals surface area contributed by atoms with E-state index in [0.29, 0.717) is 35.6 Å². The van der Waals surface area contributed by atoms with E-state index in [9.17, 15) is 18.7 Å². The Morgan fingerprint density at radius 1 is 1.44 bits per heavy atom. The highest BCUT2D eigenvalue weighted by molar-refractivity contribution is 7.11. The topological polar surface area (TPSA) is 53.4 Å². The second-order valence-electron chi connectivity index (χ2n) is 6.67. The van der Waals surface area contributed by atoms with Gasteiger partial charge in [-0.25, -0.2) is 13.8 Å². The number of nitrogens with zero attached hydrogens (tertiary/aromatic N) is 2. The summed E-state index contributed by atoms with van der Waals surface area (Å²) in [5.74, 6) is -1.34. The second kappa shape index (κ2) is 7.17. The predicted molar refractivity (Wildman–Crippen MR) is 91.6 cm³/mol. The molecule has 0 unspecified atom stereocenters. The van der Waals surface area contributed by atoms with Crippen LogP contribution in [-0.2, 0) is 6.42 Å². The number of likely N-dealkylation sites (tertiary alicyclic amines) is 1. The minimum Gasteiger partial charge on any atom is -0.396 e. The highest BCUT2D eigenvalue weighted by atomic mass is 32.1. The summed E-state index contributed by atoms with van der Waals surface area (Å²) in [6.07, 6.45) is 1.68. The van der Waals surface area contributed by atoms with E-state index in [1.54, 1.807) is 17.3 Å². The molecule has 1 aliphatic heterocycles. The van der Waals surface area contributed by atoms with Gasteiger partial charge >= 0.3 is 0 Å². The van der Waals surface area contributed by atoms with Gasteiger partial charge in [0.25, 0.3) is 5.91 Å². The molecule has 0 saturated carbocycles. The van der Waals surface area contributed by atoms with Crippen molar-refractivity contribution in [3.63, 3.8) is 0 Å². The van der Waals surface area contributed by atoms with Gasteiger partial charge in [0.15, 0.2) is 0 Å². The van der Waals surface area contributed by atoms with Crippen molar-refractivity contribution in [3.8, 4) is 0 Å². The van der Waals surface area contributed by atoms with E-state index >= 15 is 0 Å². The molecule has 3 rings (SSSR count). The van der Waals surface area contributed by atoms with Crippen LogP contribution in [0.15, 0.2) is 23.7 Å². The fourth-order valence-corrected chi connectivity index (χ4v) is 4.20. The number of benzene rings is 1. The molecule has 1 aliphatic rings. The Labute approximate surface area is 149 Å². The van der Waals surface area contributed by atoms with Crippen molar-refractivity contribution in [2.45, 2.75) is 26.2 Å². The van der Waals surface area contributed by atoms with Gasteiger partial charge in [-0.05, 0) is 37.8 Å². The average molecular weight is 366 g/mol. The van der Waals surface area contributed by atoms with Crippen LogP contribution in [0.25, 0.3) is 0 Å². The average Bonchev–Trinajstić information content (AvgIpc) is 3.03. The van der Waals surface area contributed by atoms with Crippen LogP contribution in [0.3, 0.4) is 0 Å². The van der Waals surface area contributed by atoms with Crippen molar-refractivity contribution in [2.75, 3.05) is 19.7 Å². The molecule has 1 aromatic carbocycles. The lowest BCUT2D eigenvalue weighted by atomic mass is 9.75. The number of carbonyl (C=O) groups is 1. The molecule has 25 heavy (non-hydrogen) atoms. The van der Waals surface area contributed by atoms with Gasteiger partial charge in [-0.3, -0.25) is 4.79 Å². The molecule has 134 valence electrons. The quantitative estimate of drug-likeness (QED) is 0.904. The highest BCUT2D eigenvalue weighted by Crippen LogP contribution is 2.35. The third-order valence-electron chi connectivity index (χ3n) is 4.80. The summed E-state index contributed by atoms with van der Waals surface area (Å²) in [5, 5.41) is 9.99. The van der Waals surface area contributed by atoms with Crippen LogP contribution in [0.2, 0.25) is 0 Å². The predicted octanol–water partition coefficient (Wildman–Crippen LogP) is 3.19. The normalized spacial score (nSPS) is 20.7. The highest BCUT2D eigenvalue weighted by Gasteiger charge is 2.38. The molecule has 1 N–H and O–H groups in total. The molecule has 7 heteroatoms. The van der Waals surface area contributed by atoms with Crippen LogP contribution in [-0.4, -0.2) is 40.6 Å². The minimum absolute atomic E-state index is 0.0999. The molecule has 0 bridgehead atoms. The van der Waals surface area contributed by atoms with Crippen LogP contribution < -0.4 is 0 Å². The number of aliphatic hydroxyl groups is 1. The van der Waals surface area contributed by atoms with Gasteiger partial charge in [0.05, 0.1) is 17.8 Å².